The van der Waals surface area contributed by atoms with E-state index < -0.39 is 78.5 Å². The molecule has 8 atom stereocenters. The highest BCUT2D eigenvalue weighted by atomic mass is 32.3. The van der Waals surface area contributed by atoms with Gasteiger partial charge in [-0.3, -0.25) is 9.35 Å². The molecule has 0 bridgehead atoms. The normalized spacial score (nSPS) is 20.4. The Morgan fingerprint density at radius 1 is 0.588 bits per heavy atom. The molecule has 0 aromatic heterocycles. The summed E-state index contributed by atoms with van der Waals surface area (Å²) in [4.78, 5) is 13.0. The molecule has 1 saturated heterocycles. The number of aliphatic hydroxyl groups excluding tert-OH is 5. The van der Waals surface area contributed by atoms with Gasteiger partial charge in [0.05, 0.1) is 25.4 Å². The molecule has 14 heteroatoms. The summed E-state index contributed by atoms with van der Waals surface area (Å²) in [5.74, 6) is -0.679. The van der Waals surface area contributed by atoms with Gasteiger partial charge in [-0.2, -0.15) is 8.42 Å². The zero-order chi connectivity index (χ0) is 49.9. The zero-order valence-corrected chi connectivity index (χ0v) is 43.9. The van der Waals surface area contributed by atoms with Crippen molar-refractivity contribution in [2.75, 3.05) is 13.2 Å². The van der Waals surface area contributed by atoms with Crippen molar-refractivity contribution in [3.05, 3.63) is 24.3 Å². The van der Waals surface area contributed by atoms with Crippen LogP contribution in [0.15, 0.2) is 24.3 Å². The van der Waals surface area contributed by atoms with Gasteiger partial charge >= 0.3 is 10.4 Å². The molecule has 0 aromatic rings. The number of carbonyl (C=O) groups excluding carboxylic acids is 1. The molecule has 1 amide bonds. The zero-order valence-electron chi connectivity index (χ0n) is 43.0. The fourth-order valence-corrected chi connectivity index (χ4v) is 9.48. The second-order valence-corrected chi connectivity index (χ2v) is 20.7. The van der Waals surface area contributed by atoms with Gasteiger partial charge in [0.15, 0.2) is 6.29 Å². The van der Waals surface area contributed by atoms with E-state index in [2.05, 4.69) is 40.7 Å². The monoisotopic (exact) mass is 990 g/mol. The number of allylic oxidation sites excluding steroid dienone is 4. The maximum Gasteiger partial charge on any atom is 0.397 e. The minimum absolute atomic E-state index is 0.259. The third-order valence-corrected chi connectivity index (χ3v) is 13.8. The Labute approximate surface area is 415 Å². The van der Waals surface area contributed by atoms with Gasteiger partial charge in [0, 0.05) is 0 Å². The molecule has 1 fully saturated rings. The topological polar surface area (TPSA) is 212 Å². The van der Waals surface area contributed by atoms with Crippen molar-refractivity contribution in [2.45, 2.75) is 300 Å². The van der Waals surface area contributed by atoms with Crippen molar-refractivity contribution in [2.24, 2.45) is 0 Å². The Hall–Kier alpha value is -1.46. The van der Waals surface area contributed by atoms with E-state index in [4.69, 9.17) is 14.0 Å². The summed E-state index contributed by atoms with van der Waals surface area (Å²) in [7, 11) is -5.10. The third kappa shape index (κ3) is 35.6. The fourth-order valence-electron chi connectivity index (χ4n) is 8.97. The first-order chi connectivity index (χ1) is 32.9. The summed E-state index contributed by atoms with van der Waals surface area (Å²) in [5.41, 5.74) is 0. The lowest BCUT2D eigenvalue weighted by Gasteiger charge is -2.41. The molecule has 1 heterocycles. The van der Waals surface area contributed by atoms with Crippen molar-refractivity contribution in [3.8, 4) is 0 Å². The minimum atomic E-state index is -5.10. The first kappa shape index (κ1) is 64.6. The van der Waals surface area contributed by atoms with E-state index in [0.717, 1.165) is 38.5 Å². The summed E-state index contributed by atoms with van der Waals surface area (Å²) in [5, 5.41) is 54.7. The summed E-state index contributed by atoms with van der Waals surface area (Å²) >= 11 is 0. The van der Waals surface area contributed by atoms with Crippen LogP contribution in [-0.2, 0) is 28.9 Å². The molecule has 68 heavy (non-hydrogen) atoms. The minimum Gasteiger partial charge on any atom is -0.394 e. The van der Waals surface area contributed by atoms with Crippen molar-refractivity contribution in [3.63, 3.8) is 0 Å². The highest BCUT2D eigenvalue weighted by molar-refractivity contribution is 7.80. The van der Waals surface area contributed by atoms with Crippen LogP contribution in [0.5, 0.6) is 0 Å². The summed E-state index contributed by atoms with van der Waals surface area (Å²) in [6.07, 6.45) is 42.6. The van der Waals surface area contributed by atoms with Gasteiger partial charge < -0.3 is 40.3 Å². The number of nitrogens with one attached hydrogen (secondary N) is 1. The van der Waals surface area contributed by atoms with Gasteiger partial charge in [-0.15, -0.1) is 0 Å². The predicted molar refractivity (Wildman–Crippen MR) is 275 cm³/mol. The lowest BCUT2D eigenvalue weighted by molar-refractivity contribution is -0.298. The summed E-state index contributed by atoms with van der Waals surface area (Å²) < 4.78 is 47.2. The number of hydrogen-bond acceptors (Lipinski definition) is 11. The average Bonchev–Trinajstić information content (AvgIpc) is 3.31. The number of carbonyl (C=O) groups is 1. The smallest absolute Gasteiger partial charge is 0.394 e. The molecule has 7 N–H and O–H groups in total. The Balaban J connectivity index is 2.05. The highest BCUT2D eigenvalue weighted by Crippen LogP contribution is 2.26. The van der Waals surface area contributed by atoms with Gasteiger partial charge in [-0.1, -0.05) is 231 Å². The van der Waals surface area contributed by atoms with Crippen LogP contribution in [0.3, 0.4) is 0 Å². The van der Waals surface area contributed by atoms with Gasteiger partial charge in [-0.05, 0) is 44.9 Å². The molecule has 0 spiro atoms. The van der Waals surface area contributed by atoms with Gasteiger partial charge in [-0.25, -0.2) is 4.18 Å². The van der Waals surface area contributed by atoms with E-state index in [1.165, 1.54) is 173 Å². The molecule has 0 aliphatic carbocycles. The molecule has 1 aliphatic heterocycles. The van der Waals surface area contributed by atoms with E-state index in [1.807, 2.05) is 6.92 Å². The van der Waals surface area contributed by atoms with Crippen molar-refractivity contribution >= 4 is 16.3 Å². The molecular formula is C54H103NO12S. The van der Waals surface area contributed by atoms with E-state index in [9.17, 15) is 38.7 Å². The number of rotatable bonds is 48. The maximum absolute atomic E-state index is 13.0. The molecule has 0 aromatic carbocycles. The van der Waals surface area contributed by atoms with Crippen molar-refractivity contribution in [1.29, 1.82) is 0 Å². The number of hydrogen-bond donors (Lipinski definition) is 7. The maximum atomic E-state index is 13.0. The standard InChI is InChI=1S/C54H103NO12S/c1-3-5-7-8-9-10-11-12-13-14-15-16-17-18-19-20-21-22-23-24-25-26-27-28-29-30-31-32-33-34-35-36-37-38-39-41-43-48(58)53(61)55-46(47(57)42-40-6-4-2)45-65-54-51(60)52(67-68(62,63)64)50(59)49(44-56)66-54/h19-20,22-23,46-52,54,56-60H,3-18,21,24-45H2,1-2H3,(H,55,61)(H,62,63,64)/b20-19-,23-22-. The largest absolute Gasteiger partial charge is 0.397 e. The van der Waals surface area contributed by atoms with Gasteiger partial charge in [0.25, 0.3) is 0 Å². The van der Waals surface area contributed by atoms with Crippen LogP contribution < -0.4 is 5.32 Å². The number of amides is 1. The van der Waals surface area contributed by atoms with Crippen LogP contribution in [0.1, 0.15) is 251 Å². The lowest BCUT2D eigenvalue weighted by Crippen LogP contribution is -2.61. The molecule has 0 radical (unpaired) electrons. The molecule has 1 rings (SSSR count). The second kappa shape index (κ2) is 44.3. The highest BCUT2D eigenvalue weighted by Gasteiger charge is 2.48. The van der Waals surface area contributed by atoms with Crippen LogP contribution in [0.4, 0.5) is 0 Å². The SMILES string of the molecule is CCCCCCCCCCCCCCC/C=C\C/C=C\CCCCCCCCCCCCCCCCCCC(O)C(=O)NC(COC1OC(CO)C(O)C(OS(=O)(=O)O)C1O)C(O)CCCCC. The molecule has 13 nitrogen and oxygen atoms in total. The molecule has 0 saturated carbocycles. The van der Waals surface area contributed by atoms with Crippen molar-refractivity contribution < 1.29 is 57.0 Å². The molecule has 402 valence electrons. The Bertz CT molecular complexity index is 1320. The van der Waals surface area contributed by atoms with E-state index in [1.54, 1.807) is 0 Å². The Morgan fingerprint density at radius 2 is 0.985 bits per heavy atom. The first-order valence-corrected chi connectivity index (χ1v) is 29.2. The van der Waals surface area contributed by atoms with Crippen LogP contribution in [0.25, 0.3) is 0 Å². The molecule has 8 unspecified atom stereocenters. The van der Waals surface area contributed by atoms with Crippen LogP contribution in [0, 0.1) is 0 Å². The predicted octanol–water partition coefficient (Wildman–Crippen LogP) is 11.4. The second-order valence-electron chi connectivity index (χ2n) is 19.7. The third-order valence-electron chi connectivity index (χ3n) is 13.4. The first-order valence-electron chi connectivity index (χ1n) is 27.8. The van der Waals surface area contributed by atoms with Gasteiger partial charge in [0.1, 0.15) is 30.5 Å². The Kier molecular flexibility index (Phi) is 42.0. The van der Waals surface area contributed by atoms with Crippen molar-refractivity contribution in [1.82, 2.24) is 5.32 Å². The van der Waals surface area contributed by atoms with Gasteiger partial charge in [0.2, 0.25) is 5.91 Å². The summed E-state index contributed by atoms with van der Waals surface area (Å²) in [6.45, 7) is 3.09. The Morgan fingerprint density at radius 3 is 1.41 bits per heavy atom. The quantitative estimate of drug-likeness (QED) is 0.0172. The van der Waals surface area contributed by atoms with E-state index in [0.29, 0.717) is 19.3 Å². The number of unbranched alkanes of at least 4 members (excludes halogenated alkanes) is 31. The van der Waals surface area contributed by atoms with E-state index in [-0.39, 0.29) is 6.42 Å². The van der Waals surface area contributed by atoms with Crippen LogP contribution in [0.2, 0.25) is 0 Å². The molecule has 1 aliphatic rings. The summed E-state index contributed by atoms with van der Waals surface area (Å²) in [6, 6.07) is -1.03. The lowest BCUT2D eigenvalue weighted by atomic mass is 9.99. The number of ether oxygens (including phenoxy) is 2. The average molecular weight is 990 g/mol. The number of aliphatic hydroxyl groups is 5. The van der Waals surface area contributed by atoms with Crippen LogP contribution in [-0.4, -0.2) is 107 Å². The van der Waals surface area contributed by atoms with Crippen LogP contribution >= 0.6 is 0 Å². The van der Waals surface area contributed by atoms with E-state index >= 15 is 0 Å². The fraction of sp³-hybridized carbons (Fsp3) is 0.907. The molecular weight excluding hydrogens is 887 g/mol.